The van der Waals surface area contributed by atoms with Crippen LogP contribution in [0.25, 0.3) is 0 Å². The fourth-order valence-electron chi connectivity index (χ4n) is 1.75. The van der Waals surface area contributed by atoms with Crippen LogP contribution in [0.5, 0.6) is 0 Å². The van der Waals surface area contributed by atoms with E-state index < -0.39 is 9.84 Å². The molecule has 1 saturated heterocycles. The summed E-state index contributed by atoms with van der Waals surface area (Å²) < 4.78 is 22.5. The first-order chi connectivity index (χ1) is 8.11. The van der Waals surface area contributed by atoms with E-state index in [0.29, 0.717) is 18.7 Å². The first kappa shape index (κ1) is 11.8. The van der Waals surface area contributed by atoms with E-state index in [9.17, 15) is 8.42 Å². The maximum atomic E-state index is 11.3. The van der Waals surface area contributed by atoms with Crippen molar-refractivity contribution in [2.24, 2.45) is 0 Å². The molecule has 0 spiro atoms. The number of nitriles is 1. The lowest BCUT2D eigenvalue weighted by Gasteiger charge is -2.23. The Balaban J connectivity index is 2.05. The number of hydrogen-bond donors (Lipinski definition) is 1. The molecule has 1 aromatic rings. The molecule has 17 heavy (non-hydrogen) atoms. The molecule has 0 bridgehead atoms. The van der Waals surface area contributed by atoms with E-state index >= 15 is 0 Å². The SMILES string of the molecule is N#Cc1nccnc1NC1CCS(=O)(=O)CC1. The van der Waals surface area contributed by atoms with Crippen LogP contribution >= 0.6 is 0 Å². The Morgan fingerprint density at radius 2 is 1.94 bits per heavy atom. The first-order valence-electron chi connectivity index (χ1n) is 5.29. The number of rotatable bonds is 2. The molecule has 0 aliphatic carbocycles. The molecule has 2 heterocycles. The number of nitrogens with zero attached hydrogens (tertiary/aromatic N) is 3. The van der Waals surface area contributed by atoms with Crippen LogP contribution in [0.1, 0.15) is 18.5 Å². The molecule has 90 valence electrons. The highest BCUT2D eigenvalue weighted by Crippen LogP contribution is 2.17. The zero-order chi connectivity index (χ0) is 12.3. The maximum Gasteiger partial charge on any atom is 0.182 e. The van der Waals surface area contributed by atoms with Gasteiger partial charge in [0.2, 0.25) is 0 Å². The molecule has 1 aliphatic rings. The van der Waals surface area contributed by atoms with E-state index in [1.807, 2.05) is 6.07 Å². The van der Waals surface area contributed by atoms with Crippen molar-refractivity contribution in [1.82, 2.24) is 9.97 Å². The minimum Gasteiger partial charge on any atom is -0.365 e. The van der Waals surface area contributed by atoms with Crippen molar-refractivity contribution in [3.8, 4) is 6.07 Å². The monoisotopic (exact) mass is 252 g/mol. The van der Waals surface area contributed by atoms with Gasteiger partial charge in [0.05, 0.1) is 11.5 Å². The fourth-order valence-corrected chi connectivity index (χ4v) is 3.24. The zero-order valence-corrected chi connectivity index (χ0v) is 9.94. The Bertz CT molecular complexity index is 536. The van der Waals surface area contributed by atoms with Crippen LogP contribution in [0, 0.1) is 11.3 Å². The van der Waals surface area contributed by atoms with Crippen LogP contribution in [0.4, 0.5) is 5.82 Å². The van der Waals surface area contributed by atoms with Gasteiger partial charge in [0.25, 0.3) is 0 Å². The number of aromatic nitrogens is 2. The molecule has 6 nitrogen and oxygen atoms in total. The summed E-state index contributed by atoms with van der Waals surface area (Å²) in [7, 11) is -2.86. The molecule has 0 radical (unpaired) electrons. The molecule has 1 fully saturated rings. The largest absolute Gasteiger partial charge is 0.365 e. The third-order valence-corrected chi connectivity index (χ3v) is 4.42. The molecule has 1 aromatic heterocycles. The summed E-state index contributed by atoms with van der Waals surface area (Å²) >= 11 is 0. The van der Waals surface area contributed by atoms with Crippen LogP contribution in [-0.4, -0.2) is 35.9 Å². The van der Waals surface area contributed by atoms with Crippen LogP contribution in [0.3, 0.4) is 0 Å². The van der Waals surface area contributed by atoms with Gasteiger partial charge in [0, 0.05) is 18.4 Å². The maximum absolute atomic E-state index is 11.3. The average Bonchev–Trinajstić information content (AvgIpc) is 2.32. The summed E-state index contributed by atoms with van der Waals surface area (Å²) in [6, 6.07) is 1.99. The smallest absolute Gasteiger partial charge is 0.182 e. The molecule has 0 amide bonds. The molecule has 2 rings (SSSR count). The standard InChI is InChI=1S/C10H12N4O2S/c11-7-9-10(13-4-3-12-9)14-8-1-5-17(15,16)6-2-8/h3-4,8H,1-2,5-6H2,(H,13,14). The number of hydrogen-bond acceptors (Lipinski definition) is 6. The van der Waals surface area contributed by atoms with Crippen LogP contribution in [-0.2, 0) is 9.84 Å². The van der Waals surface area contributed by atoms with Crippen molar-refractivity contribution < 1.29 is 8.42 Å². The van der Waals surface area contributed by atoms with Gasteiger partial charge in [-0.15, -0.1) is 0 Å². The summed E-state index contributed by atoms with van der Waals surface area (Å²) in [6.07, 6.45) is 4.05. The summed E-state index contributed by atoms with van der Waals surface area (Å²) in [5, 5.41) is 11.9. The second-order valence-corrected chi connectivity index (χ2v) is 6.24. The Labute approximate surface area is 99.6 Å². The van der Waals surface area contributed by atoms with Crippen molar-refractivity contribution in [2.45, 2.75) is 18.9 Å². The fraction of sp³-hybridized carbons (Fsp3) is 0.500. The quantitative estimate of drug-likeness (QED) is 0.815. The van der Waals surface area contributed by atoms with Gasteiger partial charge < -0.3 is 5.32 Å². The van der Waals surface area contributed by atoms with E-state index in [-0.39, 0.29) is 23.2 Å². The molecule has 0 aromatic carbocycles. The minimum absolute atomic E-state index is 0.0438. The Morgan fingerprint density at radius 1 is 1.29 bits per heavy atom. The van der Waals surface area contributed by atoms with Crippen molar-refractivity contribution in [1.29, 1.82) is 5.26 Å². The Morgan fingerprint density at radius 3 is 2.59 bits per heavy atom. The molecule has 1 aliphatic heterocycles. The van der Waals surface area contributed by atoms with Gasteiger partial charge in [-0.05, 0) is 12.8 Å². The third kappa shape index (κ3) is 2.91. The topological polar surface area (TPSA) is 95.7 Å². The highest BCUT2D eigenvalue weighted by atomic mass is 32.2. The van der Waals surface area contributed by atoms with Gasteiger partial charge in [-0.1, -0.05) is 0 Å². The number of anilines is 1. The van der Waals surface area contributed by atoms with Crippen molar-refractivity contribution in [3.05, 3.63) is 18.1 Å². The Kier molecular flexibility index (Phi) is 3.24. The molecule has 7 heteroatoms. The van der Waals surface area contributed by atoms with Crippen LogP contribution in [0.15, 0.2) is 12.4 Å². The van der Waals surface area contributed by atoms with Crippen LogP contribution < -0.4 is 5.32 Å². The zero-order valence-electron chi connectivity index (χ0n) is 9.13. The minimum atomic E-state index is -2.86. The van der Waals surface area contributed by atoms with E-state index in [1.54, 1.807) is 0 Å². The average molecular weight is 252 g/mol. The second-order valence-electron chi connectivity index (χ2n) is 3.94. The Hall–Kier alpha value is -1.68. The molecule has 0 atom stereocenters. The lowest BCUT2D eigenvalue weighted by Crippen LogP contribution is -2.32. The molecule has 0 saturated carbocycles. The summed E-state index contributed by atoms with van der Waals surface area (Å²) in [6.45, 7) is 0. The predicted molar refractivity (Wildman–Crippen MR) is 62.0 cm³/mol. The van der Waals surface area contributed by atoms with Crippen molar-refractivity contribution >= 4 is 15.7 Å². The summed E-state index contributed by atoms with van der Waals surface area (Å²) in [5.41, 5.74) is 0.237. The molecule has 0 unspecified atom stereocenters. The van der Waals surface area contributed by atoms with Gasteiger partial charge in [0.15, 0.2) is 11.5 Å². The normalized spacial score (nSPS) is 19.5. The number of sulfone groups is 1. The molecular weight excluding hydrogens is 240 g/mol. The van der Waals surface area contributed by atoms with E-state index in [4.69, 9.17) is 5.26 Å². The molecular formula is C10H12N4O2S. The van der Waals surface area contributed by atoms with Gasteiger partial charge in [-0.3, -0.25) is 0 Å². The van der Waals surface area contributed by atoms with E-state index in [0.717, 1.165) is 0 Å². The predicted octanol–water partition coefficient (Wildman–Crippen LogP) is 0.337. The highest BCUT2D eigenvalue weighted by Gasteiger charge is 2.24. The number of nitrogens with one attached hydrogen (secondary N) is 1. The highest BCUT2D eigenvalue weighted by molar-refractivity contribution is 7.91. The van der Waals surface area contributed by atoms with Crippen LogP contribution in [0.2, 0.25) is 0 Å². The first-order valence-corrected chi connectivity index (χ1v) is 7.11. The van der Waals surface area contributed by atoms with Gasteiger partial charge >= 0.3 is 0 Å². The second kappa shape index (κ2) is 4.67. The van der Waals surface area contributed by atoms with Gasteiger partial charge in [-0.2, -0.15) is 5.26 Å². The molecule has 1 N–H and O–H groups in total. The summed E-state index contributed by atoms with van der Waals surface area (Å²) in [4.78, 5) is 7.92. The van der Waals surface area contributed by atoms with E-state index in [1.165, 1.54) is 12.4 Å². The summed E-state index contributed by atoms with van der Waals surface area (Å²) in [5.74, 6) is 0.805. The third-order valence-electron chi connectivity index (χ3n) is 2.70. The van der Waals surface area contributed by atoms with Gasteiger partial charge in [-0.25, -0.2) is 18.4 Å². The van der Waals surface area contributed by atoms with E-state index in [2.05, 4.69) is 15.3 Å². The van der Waals surface area contributed by atoms with Crippen molar-refractivity contribution in [3.63, 3.8) is 0 Å². The van der Waals surface area contributed by atoms with Crippen molar-refractivity contribution in [2.75, 3.05) is 16.8 Å². The lowest BCUT2D eigenvalue weighted by molar-refractivity contribution is 0.559. The lowest BCUT2D eigenvalue weighted by atomic mass is 10.1. The van der Waals surface area contributed by atoms with Gasteiger partial charge in [0.1, 0.15) is 15.9 Å².